The molecule has 0 bridgehead atoms. The summed E-state index contributed by atoms with van der Waals surface area (Å²) in [5.74, 6) is -1.58. The second-order valence-corrected chi connectivity index (χ2v) is 7.94. The number of imide groups is 2. The van der Waals surface area contributed by atoms with E-state index in [0.717, 1.165) is 47.2 Å². The van der Waals surface area contributed by atoms with Crippen molar-refractivity contribution in [1.82, 2.24) is 5.32 Å². The van der Waals surface area contributed by atoms with E-state index in [4.69, 9.17) is 4.74 Å². The van der Waals surface area contributed by atoms with Crippen molar-refractivity contribution in [2.45, 2.75) is 32.6 Å². The Morgan fingerprint density at radius 1 is 1.06 bits per heavy atom. The monoisotopic (exact) mass is 488 g/mol. The van der Waals surface area contributed by atoms with Gasteiger partial charge in [0.1, 0.15) is 17.1 Å². The van der Waals surface area contributed by atoms with Crippen molar-refractivity contribution in [2.75, 3.05) is 11.5 Å². The van der Waals surface area contributed by atoms with Gasteiger partial charge in [-0.25, -0.2) is 14.1 Å². The van der Waals surface area contributed by atoms with Gasteiger partial charge in [-0.2, -0.15) is 0 Å². The first-order valence-electron chi connectivity index (χ1n) is 10.00. The van der Waals surface area contributed by atoms with E-state index in [-0.39, 0.29) is 11.3 Å². The van der Waals surface area contributed by atoms with Crippen LogP contribution in [0.15, 0.2) is 52.5 Å². The molecule has 0 aliphatic carbocycles. The van der Waals surface area contributed by atoms with Gasteiger partial charge in [-0.3, -0.25) is 14.9 Å². The number of nitrogens with zero attached hydrogens (tertiary/aromatic N) is 1. The van der Waals surface area contributed by atoms with Gasteiger partial charge in [0.2, 0.25) is 0 Å². The fourth-order valence-corrected chi connectivity index (χ4v) is 3.49. The Morgan fingerprint density at radius 3 is 2.52 bits per heavy atom. The predicted octanol–water partition coefficient (Wildman–Crippen LogP) is 5.21. The van der Waals surface area contributed by atoms with Crippen LogP contribution in [0.2, 0.25) is 0 Å². The Bertz CT molecular complexity index is 1020. The van der Waals surface area contributed by atoms with Crippen LogP contribution in [0, 0.1) is 5.82 Å². The third-order valence-corrected chi connectivity index (χ3v) is 5.21. The summed E-state index contributed by atoms with van der Waals surface area (Å²) in [7, 11) is 0. The van der Waals surface area contributed by atoms with Crippen LogP contribution >= 0.6 is 15.9 Å². The minimum atomic E-state index is -0.889. The molecule has 1 fully saturated rings. The molecule has 1 aliphatic heterocycles. The molecule has 0 saturated carbocycles. The number of anilines is 1. The van der Waals surface area contributed by atoms with Gasteiger partial charge in [-0.15, -0.1) is 0 Å². The van der Waals surface area contributed by atoms with Gasteiger partial charge >= 0.3 is 6.03 Å². The molecule has 0 radical (unpaired) electrons. The predicted molar refractivity (Wildman–Crippen MR) is 119 cm³/mol. The zero-order chi connectivity index (χ0) is 22.4. The second-order valence-electron chi connectivity index (χ2n) is 7.03. The largest absolute Gasteiger partial charge is 0.493 e. The highest BCUT2D eigenvalue weighted by atomic mass is 79.9. The van der Waals surface area contributed by atoms with Gasteiger partial charge in [-0.1, -0.05) is 42.1 Å². The minimum Gasteiger partial charge on any atom is -0.493 e. The number of hydrogen-bond acceptors (Lipinski definition) is 4. The molecule has 1 N–H and O–H groups in total. The molecule has 8 heteroatoms. The lowest BCUT2D eigenvalue weighted by atomic mass is 10.1. The maximum Gasteiger partial charge on any atom is 0.335 e. The van der Waals surface area contributed by atoms with Gasteiger partial charge in [0.05, 0.1) is 12.3 Å². The number of amides is 4. The van der Waals surface area contributed by atoms with Crippen molar-refractivity contribution in [2.24, 2.45) is 0 Å². The van der Waals surface area contributed by atoms with Crippen LogP contribution in [0.4, 0.5) is 14.9 Å². The van der Waals surface area contributed by atoms with Crippen LogP contribution < -0.4 is 15.0 Å². The number of ether oxygens (including phenoxy) is 1. The molecule has 3 rings (SSSR count). The van der Waals surface area contributed by atoms with E-state index in [1.54, 1.807) is 18.2 Å². The third-order valence-electron chi connectivity index (χ3n) is 4.71. The standard InChI is InChI=1S/C23H22BrFN2O4/c1-2-3-4-5-12-31-20-11-6-16(24)13-15(20)14-19-21(28)26-23(30)27(22(19)29)18-9-7-17(25)8-10-18/h6-11,13-14H,2-5,12H2,1H3,(H,26,28,30)/b19-14+. The Morgan fingerprint density at radius 2 is 1.81 bits per heavy atom. The summed E-state index contributed by atoms with van der Waals surface area (Å²) in [6, 6.07) is 9.26. The van der Waals surface area contributed by atoms with E-state index < -0.39 is 23.7 Å². The number of unbranched alkanes of at least 4 members (excludes halogenated alkanes) is 3. The van der Waals surface area contributed by atoms with Gasteiger partial charge in [0, 0.05) is 10.0 Å². The molecule has 0 aromatic heterocycles. The molecule has 162 valence electrons. The van der Waals surface area contributed by atoms with Crippen molar-refractivity contribution in [3.05, 3.63) is 63.9 Å². The number of barbiturate groups is 1. The van der Waals surface area contributed by atoms with Crippen LogP contribution in [-0.4, -0.2) is 24.5 Å². The van der Waals surface area contributed by atoms with E-state index in [2.05, 4.69) is 28.2 Å². The number of urea groups is 1. The average Bonchev–Trinajstić information content (AvgIpc) is 2.73. The topological polar surface area (TPSA) is 75.7 Å². The highest BCUT2D eigenvalue weighted by molar-refractivity contribution is 9.10. The highest BCUT2D eigenvalue weighted by Crippen LogP contribution is 2.28. The molecule has 6 nitrogen and oxygen atoms in total. The lowest BCUT2D eigenvalue weighted by Gasteiger charge is -2.26. The number of carbonyl (C=O) groups excluding carboxylic acids is 3. The van der Waals surface area contributed by atoms with Crippen LogP contribution in [-0.2, 0) is 9.59 Å². The van der Waals surface area contributed by atoms with Gasteiger partial charge in [-0.05, 0) is 55.0 Å². The van der Waals surface area contributed by atoms with Crippen molar-refractivity contribution < 1.29 is 23.5 Å². The first kappa shape index (κ1) is 22.7. The van der Waals surface area contributed by atoms with E-state index in [0.29, 0.717) is 17.9 Å². The fraction of sp³-hybridized carbons (Fsp3) is 0.261. The first-order chi connectivity index (χ1) is 14.9. The summed E-state index contributed by atoms with van der Waals surface area (Å²) < 4.78 is 19.8. The SMILES string of the molecule is CCCCCCOc1ccc(Br)cc1/C=C1\C(=O)NC(=O)N(c2ccc(F)cc2)C1=O. The summed E-state index contributed by atoms with van der Waals surface area (Å²) in [6.07, 6.45) is 5.59. The fourth-order valence-electron chi connectivity index (χ4n) is 3.11. The number of halogens is 2. The number of hydrogen-bond donors (Lipinski definition) is 1. The summed E-state index contributed by atoms with van der Waals surface area (Å²) in [5.41, 5.74) is 0.457. The third kappa shape index (κ3) is 5.58. The number of benzene rings is 2. The molecule has 2 aromatic carbocycles. The van der Waals surface area contributed by atoms with Crippen molar-refractivity contribution in [3.63, 3.8) is 0 Å². The Kier molecular flexibility index (Phi) is 7.57. The molecule has 0 spiro atoms. The molecule has 1 heterocycles. The molecule has 0 atom stereocenters. The molecule has 1 aliphatic rings. The lowest BCUT2D eigenvalue weighted by molar-refractivity contribution is -0.122. The van der Waals surface area contributed by atoms with E-state index in [1.807, 2.05) is 0 Å². The molecule has 31 heavy (non-hydrogen) atoms. The number of nitrogens with one attached hydrogen (secondary N) is 1. The summed E-state index contributed by atoms with van der Waals surface area (Å²) >= 11 is 3.39. The van der Waals surface area contributed by atoms with Gasteiger partial charge in [0.25, 0.3) is 11.8 Å². The minimum absolute atomic E-state index is 0.156. The van der Waals surface area contributed by atoms with Gasteiger partial charge in [0.15, 0.2) is 0 Å². The zero-order valence-electron chi connectivity index (χ0n) is 17.0. The summed E-state index contributed by atoms with van der Waals surface area (Å²) in [4.78, 5) is 38.5. The highest BCUT2D eigenvalue weighted by Gasteiger charge is 2.37. The quantitative estimate of drug-likeness (QED) is 0.314. The van der Waals surface area contributed by atoms with Crippen LogP contribution in [0.3, 0.4) is 0 Å². The van der Waals surface area contributed by atoms with Gasteiger partial charge < -0.3 is 4.74 Å². The Hall–Kier alpha value is -3.00. The van der Waals surface area contributed by atoms with Crippen LogP contribution in [0.1, 0.15) is 38.2 Å². The maximum atomic E-state index is 13.2. The molecular formula is C23H22BrFN2O4. The normalized spacial score (nSPS) is 15.4. The van der Waals surface area contributed by atoms with Crippen LogP contribution in [0.5, 0.6) is 5.75 Å². The Balaban J connectivity index is 1.89. The van der Waals surface area contributed by atoms with Crippen molar-refractivity contribution in [3.8, 4) is 5.75 Å². The second kappa shape index (κ2) is 10.3. The van der Waals surface area contributed by atoms with Crippen molar-refractivity contribution in [1.29, 1.82) is 0 Å². The Labute approximate surface area is 188 Å². The molecule has 1 saturated heterocycles. The molecule has 0 unspecified atom stereocenters. The van der Waals surface area contributed by atoms with Crippen molar-refractivity contribution >= 4 is 45.5 Å². The van der Waals surface area contributed by atoms with E-state index in [9.17, 15) is 18.8 Å². The van der Waals surface area contributed by atoms with E-state index in [1.165, 1.54) is 18.2 Å². The molecule has 4 amide bonds. The first-order valence-corrected chi connectivity index (χ1v) is 10.8. The molecular weight excluding hydrogens is 467 g/mol. The average molecular weight is 489 g/mol. The zero-order valence-corrected chi connectivity index (χ0v) is 18.6. The number of rotatable bonds is 8. The van der Waals surface area contributed by atoms with Crippen LogP contribution in [0.25, 0.3) is 6.08 Å². The maximum absolute atomic E-state index is 13.2. The number of carbonyl (C=O) groups is 3. The summed E-state index contributed by atoms with van der Waals surface area (Å²) in [5, 5.41) is 2.16. The molecule has 2 aromatic rings. The van der Waals surface area contributed by atoms with E-state index >= 15 is 0 Å². The summed E-state index contributed by atoms with van der Waals surface area (Å²) in [6.45, 7) is 2.64. The smallest absolute Gasteiger partial charge is 0.335 e. The lowest BCUT2D eigenvalue weighted by Crippen LogP contribution is -2.54.